The molecule has 0 aliphatic heterocycles. The molecule has 1 saturated carbocycles. The predicted octanol–water partition coefficient (Wildman–Crippen LogP) is 3.14. The molecule has 2 aromatic rings. The summed E-state index contributed by atoms with van der Waals surface area (Å²) < 4.78 is 1.18. The largest absolute Gasteiger partial charge is 0.360 e. The van der Waals surface area contributed by atoms with E-state index < -0.39 is 0 Å². The quantitative estimate of drug-likeness (QED) is 0.222. The molecule has 1 aromatic carbocycles. The highest BCUT2D eigenvalue weighted by molar-refractivity contribution is 14.0. The maximum Gasteiger partial charge on any atom is 0.230 e. The highest BCUT2D eigenvalue weighted by Crippen LogP contribution is 2.38. The van der Waals surface area contributed by atoms with E-state index in [0.29, 0.717) is 13.1 Å². The minimum atomic E-state index is -0.305. The number of carbonyl (C=O) groups is 1. The summed E-state index contributed by atoms with van der Waals surface area (Å²) in [5.74, 6) is 0.939. The number of hydrogen-bond donors (Lipinski definition) is 3. The zero-order chi connectivity index (χ0) is 20.0. The van der Waals surface area contributed by atoms with Gasteiger partial charge >= 0.3 is 0 Å². The van der Waals surface area contributed by atoms with Crippen LogP contribution in [0, 0.1) is 5.41 Å². The third-order valence-corrected chi connectivity index (χ3v) is 6.22. The van der Waals surface area contributed by atoms with E-state index in [4.69, 9.17) is 0 Å². The van der Waals surface area contributed by atoms with Gasteiger partial charge in [0, 0.05) is 40.8 Å². The normalized spacial score (nSPS) is 15.6. The highest BCUT2D eigenvalue weighted by Gasteiger charge is 2.42. The molecule has 1 fully saturated rings. The molecule has 0 unspecified atom stereocenters. The van der Waals surface area contributed by atoms with Crippen LogP contribution in [0.5, 0.6) is 0 Å². The Morgan fingerprint density at radius 2 is 1.93 bits per heavy atom. The van der Waals surface area contributed by atoms with Crippen molar-refractivity contribution in [2.75, 3.05) is 46.1 Å². The van der Waals surface area contributed by atoms with Crippen molar-refractivity contribution in [1.82, 2.24) is 20.5 Å². The molecule has 0 bridgehead atoms. The average molecular weight is 530 g/mol. The maximum absolute atomic E-state index is 12.7. The van der Waals surface area contributed by atoms with Gasteiger partial charge < -0.3 is 20.9 Å². The summed E-state index contributed by atoms with van der Waals surface area (Å²) in [6.45, 7) is 2.07. The summed E-state index contributed by atoms with van der Waals surface area (Å²) >= 11 is 1.66. The first-order valence-electron chi connectivity index (χ1n) is 9.80. The van der Waals surface area contributed by atoms with Gasteiger partial charge in [0.2, 0.25) is 5.91 Å². The fraction of sp³-hybridized carbons (Fsp3) is 0.550. The molecule has 7 nitrogen and oxygen atoms in total. The second-order valence-corrected chi connectivity index (χ2v) is 8.48. The van der Waals surface area contributed by atoms with Crippen molar-refractivity contribution in [3.05, 3.63) is 24.3 Å². The lowest BCUT2D eigenvalue weighted by Crippen LogP contribution is -2.49. The monoisotopic (exact) mass is 530 g/mol. The molecule has 1 aliphatic carbocycles. The Hall–Kier alpha value is -1.62. The molecule has 3 N–H and O–H groups in total. The van der Waals surface area contributed by atoms with Gasteiger partial charge in [-0.05, 0) is 25.0 Å². The number of rotatable bonds is 7. The van der Waals surface area contributed by atoms with Crippen LogP contribution in [-0.2, 0) is 4.79 Å². The zero-order valence-corrected chi connectivity index (χ0v) is 20.5. The number of guanidine groups is 1. The van der Waals surface area contributed by atoms with Crippen LogP contribution in [0.25, 0.3) is 10.2 Å². The van der Waals surface area contributed by atoms with Crippen LogP contribution in [0.1, 0.15) is 25.7 Å². The summed E-state index contributed by atoms with van der Waals surface area (Å²) in [5.41, 5.74) is 0.716. The van der Waals surface area contributed by atoms with Crippen molar-refractivity contribution in [2.45, 2.75) is 25.7 Å². The molecule has 0 radical (unpaired) electrons. The number of hydrogen-bond acceptors (Lipinski definition) is 5. The number of thiazole rings is 1. The van der Waals surface area contributed by atoms with Gasteiger partial charge in [0.15, 0.2) is 11.1 Å². The number of carbonyl (C=O) groups excluding carboxylic acids is 1. The Labute approximate surface area is 193 Å². The van der Waals surface area contributed by atoms with Crippen molar-refractivity contribution in [1.29, 1.82) is 0 Å². The van der Waals surface area contributed by atoms with Crippen molar-refractivity contribution in [2.24, 2.45) is 10.4 Å². The van der Waals surface area contributed by atoms with Gasteiger partial charge in [-0.1, -0.05) is 36.3 Å². The van der Waals surface area contributed by atoms with Crippen molar-refractivity contribution >= 4 is 62.5 Å². The van der Waals surface area contributed by atoms with Crippen LogP contribution in [0.2, 0.25) is 0 Å². The molecule has 1 amide bonds. The van der Waals surface area contributed by atoms with Gasteiger partial charge in [0.05, 0.1) is 15.6 Å². The van der Waals surface area contributed by atoms with Crippen molar-refractivity contribution in [3.63, 3.8) is 0 Å². The first kappa shape index (κ1) is 23.7. The molecular weight excluding hydrogens is 499 g/mol. The molecule has 0 atom stereocenters. The number of nitrogens with one attached hydrogen (secondary N) is 3. The van der Waals surface area contributed by atoms with E-state index in [2.05, 4.69) is 32.0 Å². The Morgan fingerprint density at radius 3 is 2.59 bits per heavy atom. The second-order valence-electron chi connectivity index (χ2n) is 7.45. The van der Waals surface area contributed by atoms with Crippen LogP contribution in [0.3, 0.4) is 0 Å². The van der Waals surface area contributed by atoms with E-state index in [0.717, 1.165) is 48.8 Å². The molecule has 3 rings (SSSR count). The molecule has 9 heteroatoms. The third kappa shape index (κ3) is 5.94. The van der Waals surface area contributed by atoms with Crippen LogP contribution in [0.4, 0.5) is 5.13 Å². The number of para-hydroxylation sites is 1. The third-order valence-electron chi connectivity index (χ3n) is 5.23. The van der Waals surface area contributed by atoms with Crippen LogP contribution < -0.4 is 16.0 Å². The van der Waals surface area contributed by atoms with E-state index in [1.807, 2.05) is 32.3 Å². The maximum atomic E-state index is 12.7. The van der Waals surface area contributed by atoms with Gasteiger partial charge in [-0.2, -0.15) is 0 Å². The predicted molar refractivity (Wildman–Crippen MR) is 132 cm³/mol. The standard InChI is InChI=1S/C20H30N6OS.HI/c1-21-18(24-14-20(10-6-7-11-20)17(27)26(2)3)22-12-13-23-19-25-15-8-4-5-9-16(15)28-19;/h4-5,8-9H,6-7,10-14H2,1-3H3,(H,23,25)(H2,21,22,24);1H. The SMILES string of the molecule is CN=C(NCCNc1nc2ccccc2s1)NCC1(C(=O)N(C)C)CCCC1.I. The number of aromatic nitrogens is 1. The van der Waals surface area contributed by atoms with E-state index in [1.165, 1.54) is 4.70 Å². The minimum Gasteiger partial charge on any atom is -0.360 e. The number of fused-ring (bicyclic) bond motifs is 1. The molecule has 1 aliphatic rings. The molecule has 0 saturated heterocycles. The van der Waals surface area contributed by atoms with Gasteiger partial charge in [-0.25, -0.2) is 4.98 Å². The van der Waals surface area contributed by atoms with Crippen LogP contribution >= 0.6 is 35.3 Å². The average Bonchev–Trinajstić information content (AvgIpc) is 3.34. The lowest BCUT2D eigenvalue weighted by atomic mass is 9.84. The number of amides is 1. The summed E-state index contributed by atoms with van der Waals surface area (Å²) in [4.78, 5) is 23.2. The van der Waals surface area contributed by atoms with Crippen molar-refractivity contribution in [3.8, 4) is 0 Å². The number of aliphatic imine (C=N–C) groups is 1. The molecule has 1 heterocycles. The lowest BCUT2D eigenvalue weighted by molar-refractivity contribution is -0.138. The van der Waals surface area contributed by atoms with E-state index in [1.54, 1.807) is 23.3 Å². The topological polar surface area (TPSA) is 81.6 Å². The highest BCUT2D eigenvalue weighted by atomic mass is 127. The molecule has 0 spiro atoms. The Morgan fingerprint density at radius 1 is 1.21 bits per heavy atom. The molecule has 160 valence electrons. The minimum absolute atomic E-state index is 0. The lowest BCUT2D eigenvalue weighted by Gasteiger charge is -2.31. The van der Waals surface area contributed by atoms with Crippen molar-refractivity contribution < 1.29 is 4.79 Å². The Balaban J connectivity index is 0.00000300. The van der Waals surface area contributed by atoms with E-state index in [-0.39, 0.29) is 35.3 Å². The first-order chi connectivity index (χ1) is 13.5. The number of nitrogens with zero attached hydrogens (tertiary/aromatic N) is 3. The molecular formula is C20H31IN6OS. The summed E-state index contributed by atoms with van der Waals surface area (Å²) in [7, 11) is 5.43. The van der Waals surface area contributed by atoms with Gasteiger partial charge in [-0.15, -0.1) is 24.0 Å². The Bertz CT molecular complexity index is 798. The van der Waals surface area contributed by atoms with Gasteiger partial charge in [-0.3, -0.25) is 9.79 Å². The summed E-state index contributed by atoms with van der Waals surface area (Å²) in [6, 6.07) is 8.13. The first-order valence-corrected chi connectivity index (χ1v) is 10.6. The van der Waals surface area contributed by atoms with Gasteiger partial charge in [0.25, 0.3) is 0 Å². The van der Waals surface area contributed by atoms with Gasteiger partial charge in [0.1, 0.15) is 0 Å². The summed E-state index contributed by atoms with van der Waals surface area (Å²) in [6.07, 6.45) is 4.10. The number of halogens is 1. The zero-order valence-electron chi connectivity index (χ0n) is 17.3. The fourth-order valence-electron chi connectivity index (χ4n) is 3.76. The second kappa shape index (κ2) is 11.0. The Kier molecular flexibility index (Phi) is 8.94. The molecule has 29 heavy (non-hydrogen) atoms. The van der Waals surface area contributed by atoms with E-state index in [9.17, 15) is 4.79 Å². The number of benzene rings is 1. The van der Waals surface area contributed by atoms with Crippen LogP contribution in [0.15, 0.2) is 29.3 Å². The fourth-order valence-corrected chi connectivity index (χ4v) is 4.66. The smallest absolute Gasteiger partial charge is 0.230 e. The number of anilines is 1. The summed E-state index contributed by atoms with van der Waals surface area (Å²) in [5, 5.41) is 10.9. The van der Waals surface area contributed by atoms with Crippen LogP contribution in [-0.4, -0.2) is 62.5 Å². The molecule has 1 aromatic heterocycles. The van der Waals surface area contributed by atoms with E-state index >= 15 is 0 Å².